The minimum Gasteiger partial charge on any atom is -0.405 e. The van der Waals surface area contributed by atoms with Crippen LogP contribution in [0.25, 0.3) is 11.1 Å². The van der Waals surface area contributed by atoms with Gasteiger partial charge in [0.2, 0.25) is 0 Å². The first-order valence-corrected chi connectivity index (χ1v) is 5.85. The Morgan fingerprint density at radius 3 is 2.30 bits per heavy atom. The van der Waals surface area contributed by atoms with Crippen molar-refractivity contribution in [2.75, 3.05) is 11.5 Å². The second-order valence-corrected chi connectivity index (χ2v) is 4.41. The minimum atomic E-state index is -4.81. The van der Waals surface area contributed by atoms with E-state index in [1.807, 2.05) is 0 Å². The average Bonchev–Trinajstić information content (AvgIpc) is 2.31. The molecule has 0 radical (unpaired) electrons. The van der Waals surface area contributed by atoms with Gasteiger partial charge in [-0.15, -0.1) is 13.2 Å². The van der Waals surface area contributed by atoms with Gasteiger partial charge in [0, 0.05) is 5.56 Å². The molecule has 7 heteroatoms. The first-order valence-electron chi connectivity index (χ1n) is 5.47. The lowest BCUT2D eigenvalue weighted by Gasteiger charge is -2.15. The van der Waals surface area contributed by atoms with Gasteiger partial charge in [0.25, 0.3) is 0 Å². The Morgan fingerprint density at radius 1 is 1.00 bits per heavy atom. The van der Waals surface area contributed by atoms with Crippen molar-refractivity contribution in [2.45, 2.75) is 6.36 Å². The topological polar surface area (TPSA) is 61.3 Å². The number of benzene rings is 2. The molecule has 0 aliphatic carbocycles. The molecule has 0 spiro atoms. The summed E-state index contributed by atoms with van der Waals surface area (Å²) in [5.74, 6) is -0.394. The molecule has 0 aliphatic heterocycles. The van der Waals surface area contributed by atoms with Crippen LogP contribution >= 0.6 is 11.6 Å². The van der Waals surface area contributed by atoms with Crippen molar-refractivity contribution in [3.05, 3.63) is 41.4 Å². The Morgan fingerprint density at radius 2 is 1.70 bits per heavy atom. The molecule has 0 saturated carbocycles. The van der Waals surface area contributed by atoms with E-state index in [2.05, 4.69) is 4.74 Å². The van der Waals surface area contributed by atoms with Crippen molar-refractivity contribution in [2.24, 2.45) is 0 Å². The van der Waals surface area contributed by atoms with Gasteiger partial charge >= 0.3 is 6.36 Å². The summed E-state index contributed by atoms with van der Waals surface area (Å²) >= 11 is 5.97. The van der Waals surface area contributed by atoms with E-state index >= 15 is 0 Å². The van der Waals surface area contributed by atoms with Crippen LogP contribution in [0.2, 0.25) is 5.02 Å². The van der Waals surface area contributed by atoms with Crippen LogP contribution in [-0.4, -0.2) is 6.36 Å². The molecular weight excluding hydrogens is 293 g/mol. The van der Waals surface area contributed by atoms with Gasteiger partial charge in [-0.25, -0.2) is 0 Å². The number of ether oxygens (including phenoxy) is 1. The van der Waals surface area contributed by atoms with Crippen molar-refractivity contribution < 1.29 is 17.9 Å². The number of nitrogens with two attached hydrogens (primary N) is 2. The highest BCUT2D eigenvalue weighted by Crippen LogP contribution is 2.40. The van der Waals surface area contributed by atoms with E-state index in [9.17, 15) is 13.2 Å². The average molecular weight is 303 g/mol. The van der Waals surface area contributed by atoms with Crippen molar-refractivity contribution in [1.82, 2.24) is 0 Å². The summed E-state index contributed by atoms with van der Waals surface area (Å²) in [6, 6.07) is 8.47. The van der Waals surface area contributed by atoms with E-state index in [1.54, 1.807) is 0 Å². The third-order valence-electron chi connectivity index (χ3n) is 2.58. The first kappa shape index (κ1) is 14.3. The van der Waals surface area contributed by atoms with Crippen molar-refractivity contribution in [3.8, 4) is 16.9 Å². The normalized spacial score (nSPS) is 11.4. The molecule has 0 aliphatic rings. The van der Waals surface area contributed by atoms with Crippen LogP contribution in [-0.2, 0) is 0 Å². The van der Waals surface area contributed by atoms with E-state index in [0.29, 0.717) is 11.3 Å². The Hall–Kier alpha value is -2.08. The smallest absolute Gasteiger partial charge is 0.405 e. The molecule has 0 aromatic heterocycles. The summed E-state index contributed by atoms with van der Waals surface area (Å²) in [6.07, 6.45) is -4.81. The number of alkyl halides is 3. The Balaban J connectivity index is 2.57. The predicted molar refractivity (Wildman–Crippen MR) is 72.4 cm³/mol. The number of nitrogen functional groups attached to an aromatic ring is 2. The van der Waals surface area contributed by atoms with Gasteiger partial charge in [-0.2, -0.15) is 0 Å². The quantitative estimate of drug-likeness (QED) is 0.822. The van der Waals surface area contributed by atoms with Gasteiger partial charge in [-0.05, 0) is 29.8 Å². The molecule has 4 N–H and O–H groups in total. The molecule has 0 amide bonds. The van der Waals surface area contributed by atoms with E-state index < -0.39 is 12.1 Å². The fourth-order valence-corrected chi connectivity index (χ4v) is 2.00. The maximum Gasteiger partial charge on any atom is 0.573 e. The third-order valence-corrected chi connectivity index (χ3v) is 2.89. The molecule has 2 aromatic carbocycles. The maximum atomic E-state index is 12.4. The van der Waals surface area contributed by atoms with E-state index in [0.717, 1.165) is 0 Å². The van der Waals surface area contributed by atoms with Crippen LogP contribution < -0.4 is 16.2 Å². The van der Waals surface area contributed by atoms with Crippen LogP contribution in [0.5, 0.6) is 5.75 Å². The molecule has 0 atom stereocenters. The zero-order valence-corrected chi connectivity index (χ0v) is 10.8. The summed E-state index contributed by atoms with van der Waals surface area (Å²) in [5.41, 5.74) is 12.3. The summed E-state index contributed by atoms with van der Waals surface area (Å²) < 4.78 is 41.2. The predicted octanol–water partition coefficient (Wildman–Crippen LogP) is 4.07. The number of halogens is 4. The van der Waals surface area contributed by atoms with Crippen LogP contribution in [0.15, 0.2) is 36.4 Å². The molecule has 0 bridgehead atoms. The largest absolute Gasteiger partial charge is 0.573 e. The van der Waals surface area contributed by atoms with Gasteiger partial charge in [-0.3, -0.25) is 0 Å². The second-order valence-electron chi connectivity index (χ2n) is 4.00. The number of hydrogen-bond acceptors (Lipinski definition) is 3. The van der Waals surface area contributed by atoms with Crippen molar-refractivity contribution >= 4 is 23.0 Å². The maximum absolute atomic E-state index is 12.4. The molecule has 2 rings (SSSR count). The monoisotopic (exact) mass is 302 g/mol. The van der Waals surface area contributed by atoms with Gasteiger partial charge in [0.05, 0.1) is 16.4 Å². The fourth-order valence-electron chi connectivity index (χ4n) is 1.72. The number of anilines is 2. The molecule has 106 valence electrons. The summed E-state index contributed by atoms with van der Waals surface area (Å²) in [7, 11) is 0. The molecule has 0 heterocycles. The molecule has 20 heavy (non-hydrogen) atoms. The fraction of sp³-hybridized carbons (Fsp3) is 0.0769. The lowest BCUT2D eigenvalue weighted by molar-refractivity contribution is -0.274. The zero-order chi connectivity index (χ0) is 14.9. The van der Waals surface area contributed by atoms with Gasteiger partial charge in [0.15, 0.2) is 0 Å². The summed E-state index contributed by atoms with van der Waals surface area (Å²) in [4.78, 5) is 0. The van der Waals surface area contributed by atoms with Crippen LogP contribution in [0.1, 0.15) is 0 Å². The molecule has 0 unspecified atom stereocenters. The van der Waals surface area contributed by atoms with Gasteiger partial charge < -0.3 is 16.2 Å². The SMILES string of the molecule is Nc1ccc(-c2c(Cl)cccc2OC(F)(F)F)cc1N. The number of hydrogen-bond donors (Lipinski definition) is 2. The van der Waals surface area contributed by atoms with Crippen LogP contribution in [0.4, 0.5) is 24.5 Å². The molecular formula is C13H10ClF3N2O. The Labute approximate surface area is 117 Å². The summed E-state index contributed by atoms with van der Waals surface area (Å²) in [5, 5.41) is 0.121. The standard InChI is InChI=1S/C13H10ClF3N2O/c14-8-2-1-3-11(20-13(15,16)17)12(8)7-4-5-9(18)10(19)6-7/h1-6H,18-19H2. The van der Waals surface area contributed by atoms with E-state index in [4.69, 9.17) is 23.1 Å². The lowest BCUT2D eigenvalue weighted by Crippen LogP contribution is -2.17. The molecule has 0 saturated heterocycles. The summed E-state index contributed by atoms with van der Waals surface area (Å²) in [6.45, 7) is 0. The Bertz CT molecular complexity index is 644. The highest BCUT2D eigenvalue weighted by Gasteiger charge is 2.32. The lowest BCUT2D eigenvalue weighted by atomic mass is 10.0. The van der Waals surface area contributed by atoms with E-state index in [-0.39, 0.29) is 16.3 Å². The molecule has 0 fully saturated rings. The zero-order valence-electron chi connectivity index (χ0n) is 10.0. The third kappa shape index (κ3) is 3.08. The van der Waals surface area contributed by atoms with Crippen molar-refractivity contribution in [1.29, 1.82) is 0 Å². The highest BCUT2D eigenvalue weighted by atomic mass is 35.5. The number of rotatable bonds is 2. The van der Waals surface area contributed by atoms with E-state index in [1.165, 1.54) is 36.4 Å². The minimum absolute atomic E-state index is 0.109. The van der Waals surface area contributed by atoms with Crippen molar-refractivity contribution in [3.63, 3.8) is 0 Å². The van der Waals surface area contributed by atoms with Crippen LogP contribution in [0, 0.1) is 0 Å². The molecule has 2 aromatic rings. The first-order chi connectivity index (χ1) is 9.28. The van der Waals surface area contributed by atoms with Gasteiger partial charge in [-0.1, -0.05) is 23.7 Å². The van der Waals surface area contributed by atoms with Gasteiger partial charge in [0.1, 0.15) is 5.75 Å². The highest BCUT2D eigenvalue weighted by molar-refractivity contribution is 6.33. The molecule has 3 nitrogen and oxygen atoms in total. The second kappa shape index (κ2) is 5.13. The van der Waals surface area contributed by atoms with Crippen LogP contribution in [0.3, 0.4) is 0 Å². The Kier molecular flexibility index (Phi) is 3.67.